The number of nitrogens with one attached hydrogen (secondary N) is 6. The molecular formula is C48H69ClN10O3S. The van der Waals surface area contributed by atoms with Crippen LogP contribution in [0.15, 0.2) is 47.5 Å². The van der Waals surface area contributed by atoms with E-state index in [1.54, 1.807) is 18.2 Å². The molecule has 8 rings (SSSR count). The molecule has 5 fully saturated rings. The molecule has 2 amide bonds. The number of aryl methyl sites for hydroxylation is 1. The highest BCUT2D eigenvalue weighted by Crippen LogP contribution is 2.56. The smallest absolute Gasteiger partial charge is 0.225 e. The number of hydrazine groups is 1. The largest absolute Gasteiger partial charge is 0.489 e. The molecule has 0 bridgehead atoms. The van der Waals surface area contributed by atoms with Crippen LogP contribution in [0.3, 0.4) is 0 Å². The average molecular weight is 902 g/mol. The second-order valence-electron chi connectivity index (χ2n) is 20.2. The molecule has 2 aromatic rings. The van der Waals surface area contributed by atoms with Crippen molar-refractivity contribution in [3.63, 3.8) is 0 Å². The fourth-order valence-electron chi connectivity index (χ4n) is 11.8. The Hall–Kier alpha value is -3.26. The van der Waals surface area contributed by atoms with Crippen molar-refractivity contribution in [3.05, 3.63) is 64.2 Å². The lowest BCUT2D eigenvalue weighted by molar-refractivity contribution is -0.174. The Morgan fingerprint density at radius 3 is 2.37 bits per heavy atom. The molecule has 15 heteroatoms. The summed E-state index contributed by atoms with van der Waals surface area (Å²) in [6.45, 7) is 21.4. The molecule has 13 nitrogen and oxygen atoms in total. The Morgan fingerprint density at radius 2 is 1.71 bits per heavy atom. The SMILES string of the molecule is CCNC(=O)C[C@@H]1N=C(c2ccc(CCC3CCN(C4NCC(C(=O)NC5C(C)(C)C(Oc6ccc(C#N)c(Cl)c6)C5(C)C)CN4)CC3)cc2)C2C(C)C(C)SC2N2C(C)NNC12. The lowest BCUT2D eigenvalue weighted by atomic mass is 9.49. The van der Waals surface area contributed by atoms with E-state index in [2.05, 4.69) is 121 Å². The minimum Gasteiger partial charge on any atom is -0.489 e. The number of fused-ring (bicyclic) bond motifs is 3. The molecule has 1 aliphatic carbocycles. The number of thioether (sulfide) groups is 1. The first kappa shape index (κ1) is 46.3. The zero-order valence-corrected chi connectivity index (χ0v) is 39.9. The maximum Gasteiger partial charge on any atom is 0.225 e. The van der Waals surface area contributed by atoms with Gasteiger partial charge in [-0.3, -0.25) is 35.0 Å². The molecule has 5 aliphatic heterocycles. The number of likely N-dealkylation sites (tertiary alicyclic amines) is 1. The van der Waals surface area contributed by atoms with Gasteiger partial charge in [-0.2, -0.15) is 5.26 Å². The van der Waals surface area contributed by atoms with Gasteiger partial charge in [-0.25, -0.2) is 10.9 Å². The topological polar surface area (TPSA) is 158 Å². The Balaban J connectivity index is 0.806. The number of piperidine rings is 1. The van der Waals surface area contributed by atoms with Gasteiger partial charge in [-0.1, -0.05) is 77.4 Å². The number of halogens is 1. The molecular weight excluding hydrogens is 832 g/mol. The molecule has 2 aromatic carbocycles. The molecule has 7 atom stereocenters. The van der Waals surface area contributed by atoms with Crippen molar-refractivity contribution in [2.45, 2.75) is 135 Å². The minimum atomic E-state index is -0.308. The maximum atomic E-state index is 13.6. The van der Waals surface area contributed by atoms with Crippen molar-refractivity contribution >= 4 is 40.9 Å². The van der Waals surface area contributed by atoms with Crippen LogP contribution in [0.25, 0.3) is 0 Å². The van der Waals surface area contributed by atoms with Gasteiger partial charge in [-0.15, -0.1) is 11.8 Å². The molecule has 1 saturated carbocycles. The Kier molecular flexibility index (Phi) is 13.9. The number of nitrogens with zero attached hydrogens (tertiary/aromatic N) is 4. The summed E-state index contributed by atoms with van der Waals surface area (Å²) in [6.07, 6.45) is 4.91. The Labute approximate surface area is 384 Å². The van der Waals surface area contributed by atoms with Gasteiger partial charge in [0.2, 0.25) is 11.8 Å². The van der Waals surface area contributed by atoms with E-state index in [0.29, 0.717) is 59.5 Å². The van der Waals surface area contributed by atoms with Crippen molar-refractivity contribution in [2.24, 2.45) is 39.5 Å². The number of nitriles is 1. The summed E-state index contributed by atoms with van der Waals surface area (Å²) in [7, 11) is 0. The van der Waals surface area contributed by atoms with E-state index >= 15 is 0 Å². The van der Waals surface area contributed by atoms with Crippen molar-refractivity contribution in [3.8, 4) is 11.8 Å². The average Bonchev–Trinajstić information content (AvgIpc) is 3.75. The van der Waals surface area contributed by atoms with E-state index in [0.717, 1.165) is 38.1 Å². The third kappa shape index (κ3) is 9.28. The Bertz CT molecular complexity index is 2030. The van der Waals surface area contributed by atoms with Crippen LogP contribution in [-0.4, -0.2) is 107 Å². The van der Waals surface area contributed by atoms with Crippen LogP contribution in [0.2, 0.25) is 5.02 Å². The summed E-state index contributed by atoms with van der Waals surface area (Å²) < 4.78 is 6.43. The molecule has 6 aliphatic rings. The van der Waals surface area contributed by atoms with Gasteiger partial charge in [0.1, 0.15) is 24.2 Å². The van der Waals surface area contributed by atoms with Crippen molar-refractivity contribution in [2.75, 3.05) is 32.7 Å². The highest BCUT2D eigenvalue weighted by Gasteiger charge is 2.64. The van der Waals surface area contributed by atoms with Crippen molar-refractivity contribution in [1.82, 2.24) is 41.9 Å². The third-order valence-corrected chi connectivity index (χ3v) is 17.2. The van der Waals surface area contributed by atoms with Crippen LogP contribution < -0.4 is 36.9 Å². The van der Waals surface area contributed by atoms with Crippen LogP contribution in [-0.2, 0) is 16.0 Å². The zero-order valence-electron chi connectivity index (χ0n) is 38.3. The standard InChI is InChI=1S/C48H69ClN10O3S/c1-9-51-38(60)23-37-41-57-56-29(4)59(41)43-39(27(2)28(3)63-43)40(54-37)32-14-12-30(13-15-32)10-11-31-18-20-58(21-19-31)46-52-25-34(26-53-46)42(61)55-44-47(5,6)45(48(44,7)8)62-35-17-16-33(24-50)36(49)22-35/h12-17,22,27-29,31,34,37,39,41,43-46,52-53,56-57H,9-11,18-21,23,25-26H2,1-8H3,(H,51,60)(H,55,61)/t27?,28?,29?,34?,37-,39?,41?,43?,44?,45?,46?/m0/s1. The van der Waals surface area contributed by atoms with Gasteiger partial charge in [0.05, 0.1) is 46.7 Å². The van der Waals surface area contributed by atoms with E-state index in [-0.39, 0.29) is 76.7 Å². The number of amides is 2. The van der Waals surface area contributed by atoms with Gasteiger partial charge in [-0.05, 0) is 74.6 Å². The lowest BCUT2D eigenvalue weighted by Crippen LogP contribution is -2.75. The second kappa shape index (κ2) is 18.9. The number of carbonyl (C=O) groups excluding carboxylic acids is 2. The summed E-state index contributed by atoms with van der Waals surface area (Å²) >= 11 is 8.33. The number of rotatable bonds is 12. The number of ether oxygens (including phenoxy) is 1. The fraction of sp³-hybridized carbons (Fsp3) is 0.667. The maximum absolute atomic E-state index is 13.6. The molecule has 0 radical (unpaired) electrons. The lowest BCUT2D eigenvalue weighted by Gasteiger charge is -2.63. The summed E-state index contributed by atoms with van der Waals surface area (Å²) in [5, 5.41) is 24.1. The molecule has 6 N–H and O–H groups in total. The predicted octanol–water partition coefficient (Wildman–Crippen LogP) is 5.44. The van der Waals surface area contributed by atoms with Crippen LogP contribution in [0.4, 0.5) is 0 Å². The summed E-state index contributed by atoms with van der Waals surface area (Å²) in [4.78, 5) is 37.1. The van der Waals surface area contributed by atoms with Gasteiger partial charge < -0.3 is 15.4 Å². The van der Waals surface area contributed by atoms with Crippen molar-refractivity contribution < 1.29 is 14.3 Å². The predicted molar refractivity (Wildman–Crippen MR) is 251 cm³/mol. The van der Waals surface area contributed by atoms with E-state index in [1.807, 2.05) is 18.7 Å². The van der Waals surface area contributed by atoms with Gasteiger partial charge >= 0.3 is 0 Å². The second-order valence-corrected chi connectivity index (χ2v) is 22.1. The first-order chi connectivity index (χ1) is 30.1. The zero-order chi connectivity index (χ0) is 44.8. The van der Waals surface area contributed by atoms with Gasteiger partial charge in [0.15, 0.2) is 0 Å². The first-order valence-corrected chi connectivity index (χ1v) is 24.7. The highest BCUT2D eigenvalue weighted by atomic mass is 35.5. The van der Waals surface area contributed by atoms with Crippen LogP contribution in [0.5, 0.6) is 5.75 Å². The summed E-state index contributed by atoms with van der Waals surface area (Å²) in [5.41, 5.74) is 10.4. The minimum absolute atomic E-state index is 0.0443. The van der Waals surface area contributed by atoms with E-state index in [4.69, 9.17) is 21.3 Å². The molecule has 0 spiro atoms. The number of hydrogen-bond acceptors (Lipinski definition) is 12. The van der Waals surface area contributed by atoms with E-state index in [9.17, 15) is 14.9 Å². The fourth-order valence-corrected chi connectivity index (χ4v) is 13.8. The van der Waals surface area contributed by atoms with Gasteiger partial charge in [0, 0.05) is 72.5 Å². The summed E-state index contributed by atoms with van der Waals surface area (Å²) in [5.74, 6) is 1.96. The van der Waals surface area contributed by atoms with E-state index in [1.165, 1.54) is 17.5 Å². The Morgan fingerprint density at radius 1 is 1.02 bits per heavy atom. The molecule has 0 aromatic heterocycles. The van der Waals surface area contributed by atoms with Crippen molar-refractivity contribution in [1.29, 1.82) is 5.26 Å². The van der Waals surface area contributed by atoms with E-state index < -0.39 is 0 Å². The normalized spacial score (nSPS) is 34.1. The molecule has 6 unspecified atom stereocenters. The number of benzene rings is 2. The molecule has 342 valence electrons. The number of carbonyl (C=O) groups is 2. The van der Waals surface area contributed by atoms with Crippen LogP contribution in [0.1, 0.15) is 97.8 Å². The first-order valence-electron chi connectivity index (χ1n) is 23.4. The quantitative estimate of drug-likeness (QED) is 0.161. The highest BCUT2D eigenvalue weighted by molar-refractivity contribution is 8.00. The summed E-state index contributed by atoms with van der Waals surface area (Å²) in [6, 6.07) is 16.2. The molecule has 5 heterocycles. The molecule has 63 heavy (non-hydrogen) atoms. The molecule has 4 saturated heterocycles. The van der Waals surface area contributed by atoms with Gasteiger partial charge in [0.25, 0.3) is 0 Å². The monoisotopic (exact) mass is 900 g/mol. The number of aliphatic imine (C=N–C) groups is 1. The third-order valence-electron chi connectivity index (χ3n) is 15.3. The number of hydrogen-bond donors (Lipinski definition) is 6. The van der Waals surface area contributed by atoms with Crippen LogP contribution >= 0.6 is 23.4 Å². The van der Waals surface area contributed by atoms with Crippen LogP contribution in [0, 0.1) is 45.8 Å².